The Labute approximate surface area is 205 Å². The number of H-pyrrole nitrogens is 1. The summed E-state index contributed by atoms with van der Waals surface area (Å²) < 4.78 is 21.6. The minimum absolute atomic E-state index is 0.165. The number of methoxy groups -OCH3 is 4. The van der Waals surface area contributed by atoms with Crippen LogP contribution in [0.2, 0.25) is 0 Å². The van der Waals surface area contributed by atoms with Gasteiger partial charge in [-0.25, -0.2) is 0 Å². The van der Waals surface area contributed by atoms with Gasteiger partial charge in [0.25, 0.3) is 5.56 Å². The number of benzene rings is 2. The number of aromatic nitrogens is 1. The summed E-state index contributed by atoms with van der Waals surface area (Å²) in [6, 6.07) is 11.9. The van der Waals surface area contributed by atoms with E-state index in [9.17, 15) is 4.79 Å². The molecule has 9 nitrogen and oxygen atoms in total. The fourth-order valence-electron chi connectivity index (χ4n) is 4.44. The first-order valence-corrected chi connectivity index (χ1v) is 11.7. The lowest BCUT2D eigenvalue weighted by molar-refractivity contribution is 0.144. The highest BCUT2D eigenvalue weighted by atomic mass is 16.5. The minimum Gasteiger partial charge on any atom is -0.493 e. The molecule has 4 rings (SSSR count). The standard InChI is InChI=1S/C26H34N4O5/c1-32-14-13-29-9-11-30(12-10-29)20-7-5-19(6-8-20)27-17-18-15-21-22(28-26(18)31)16-23(33-2)25(35-4)24(21)34-3/h5-8,15-16,27H,9-14,17H2,1-4H3,(H,28,31). The first kappa shape index (κ1) is 24.7. The van der Waals surface area contributed by atoms with Crippen LogP contribution in [0.3, 0.4) is 0 Å². The molecule has 0 atom stereocenters. The van der Waals surface area contributed by atoms with Crippen LogP contribution in [0.25, 0.3) is 10.9 Å². The molecular formula is C26H34N4O5. The monoisotopic (exact) mass is 482 g/mol. The van der Waals surface area contributed by atoms with Crippen molar-refractivity contribution in [2.24, 2.45) is 0 Å². The van der Waals surface area contributed by atoms with E-state index in [2.05, 4.69) is 44.4 Å². The molecule has 1 fully saturated rings. The summed E-state index contributed by atoms with van der Waals surface area (Å²) in [5, 5.41) is 4.11. The summed E-state index contributed by atoms with van der Waals surface area (Å²) >= 11 is 0. The fourth-order valence-corrected chi connectivity index (χ4v) is 4.44. The Kier molecular flexibility index (Phi) is 7.99. The number of ether oxygens (including phenoxy) is 4. The number of nitrogens with one attached hydrogen (secondary N) is 2. The number of pyridine rings is 1. The molecule has 0 radical (unpaired) electrons. The normalized spacial score (nSPS) is 14.2. The molecule has 0 unspecified atom stereocenters. The Morgan fingerprint density at radius 3 is 2.26 bits per heavy atom. The highest BCUT2D eigenvalue weighted by molar-refractivity contribution is 5.90. The number of fused-ring (bicyclic) bond motifs is 1. The van der Waals surface area contributed by atoms with Gasteiger partial charge in [0.05, 0.1) is 33.5 Å². The maximum atomic E-state index is 12.7. The van der Waals surface area contributed by atoms with Gasteiger partial charge in [0.2, 0.25) is 5.75 Å². The fraction of sp³-hybridized carbons (Fsp3) is 0.423. The molecule has 1 saturated heterocycles. The van der Waals surface area contributed by atoms with Gasteiger partial charge in [-0.15, -0.1) is 0 Å². The first-order valence-electron chi connectivity index (χ1n) is 11.7. The Bertz CT molecular complexity index is 1190. The number of aromatic amines is 1. The Hall–Kier alpha value is -3.43. The number of nitrogens with zero attached hydrogens (tertiary/aromatic N) is 2. The van der Waals surface area contributed by atoms with Crippen molar-refractivity contribution in [1.29, 1.82) is 0 Å². The van der Waals surface area contributed by atoms with Gasteiger partial charge in [-0.05, 0) is 30.3 Å². The van der Waals surface area contributed by atoms with Crippen LogP contribution in [0.4, 0.5) is 11.4 Å². The third-order valence-electron chi connectivity index (χ3n) is 6.43. The van der Waals surface area contributed by atoms with Gasteiger partial charge in [-0.2, -0.15) is 0 Å². The maximum absolute atomic E-state index is 12.7. The molecule has 3 aromatic rings. The number of piperazine rings is 1. The number of rotatable bonds is 10. The molecule has 1 aliphatic heterocycles. The molecule has 0 bridgehead atoms. The molecular weight excluding hydrogens is 448 g/mol. The van der Waals surface area contributed by atoms with Crippen molar-refractivity contribution in [3.8, 4) is 17.2 Å². The second kappa shape index (κ2) is 11.3. The quantitative estimate of drug-likeness (QED) is 0.456. The zero-order valence-corrected chi connectivity index (χ0v) is 20.8. The molecule has 0 aliphatic carbocycles. The van der Waals surface area contributed by atoms with E-state index in [-0.39, 0.29) is 5.56 Å². The lowest BCUT2D eigenvalue weighted by Gasteiger charge is -2.36. The zero-order valence-electron chi connectivity index (χ0n) is 20.8. The molecule has 0 amide bonds. The van der Waals surface area contributed by atoms with E-state index in [1.807, 2.05) is 6.07 Å². The highest BCUT2D eigenvalue weighted by Crippen LogP contribution is 2.42. The van der Waals surface area contributed by atoms with Crippen LogP contribution in [0.15, 0.2) is 41.2 Å². The molecule has 1 aliphatic rings. The van der Waals surface area contributed by atoms with Crippen LogP contribution in [0, 0.1) is 0 Å². The van der Waals surface area contributed by atoms with Gasteiger partial charge in [-0.3, -0.25) is 9.69 Å². The van der Waals surface area contributed by atoms with E-state index in [1.54, 1.807) is 34.5 Å². The summed E-state index contributed by atoms with van der Waals surface area (Å²) in [5.41, 5.74) is 3.21. The van der Waals surface area contributed by atoms with Crippen molar-refractivity contribution in [2.75, 3.05) is 78.0 Å². The predicted octanol–water partition coefficient (Wildman–Crippen LogP) is 2.93. The second-order valence-corrected chi connectivity index (χ2v) is 8.45. The van der Waals surface area contributed by atoms with Crippen molar-refractivity contribution in [2.45, 2.75) is 6.54 Å². The zero-order chi connectivity index (χ0) is 24.8. The largest absolute Gasteiger partial charge is 0.493 e. The van der Waals surface area contributed by atoms with E-state index in [0.29, 0.717) is 34.9 Å². The minimum atomic E-state index is -0.165. The van der Waals surface area contributed by atoms with Crippen LogP contribution in [-0.2, 0) is 11.3 Å². The third kappa shape index (κ3) is 5.47. The van der Waals surface area contributed by atoms with E-state index < -0.39 is 0 Å². The summed E-state index contributed by atoms with van der Waals surface area (Å²) in [6.07, 6.45) is 0. The summed E-state index contributed by atoms with van der Waals surface area (Å²) in [7, 11) is 6.42. The van der Waals surface area contributed by atoms with Gasteiger partial charge in [0.1, 0.15) is 0 Å². The van der Waals surface area contributed by atoms with Gasteiger partial charge in [0.15, 0.2) is 11.5 Å². The van der Waals surface area contributed by atoms with Crippen molar-refractivity contribution in [1.82, 2.24) is 9.88 Å². The van der Waals surface area contributed by atoms with Crippen LogP contribution in [-0.4, -0.2) is 77.7 Å². The van der Waals surface area contributed by atoms with Crippen LogP contribution < -0.4 is 30.0 Å². The maximum Gasteiger partial charge on any atom is 0.253 e. The average Bonchev–Trinajstić information content (AvgIpc) is 2.90. The molecule has 188 valence electrons. The molecule has 35 heavy (non-hydrogen) atoms. The number of hydrogen-bond acceptors (Lipinski definition) is 8. The summed E-state index contributed by atoms with van der Waals surface area (Å²) in [4.78, 5) is 20.5. The molecule has 2 aromatic carbocycles. The molecule has 0 saturated carbocycles. The number of hydrogen-bond donors (Lipinski definition) is 2. The summed E-state index contributed by atoms with van der Waals surface area (Å²) in [5.74, 6) is 1.50. The van der Waals surface area contributed by atoms with Crippen molar-refractivity contribution in [3.63, 3.8) is 0 Å². The molecule has 2 heterocycles. The van der Waals surface area contributed by atoms with E-state index in [1.165, 1.54) is 5.69 Å². The average molecular weight is 483 g/mol. The van der Waals surface area contributed by atoms with Crippen molar-refractivity contribution < 1.29 is 18.9 Å². The van der Waals surface area contributed by atoms with Crippen molar-refractivity contribution >= 4 is 22.3 Å². The van der Waals surface area contributed by atoms with E-state index >= 15 is 0 Å². The van der Waals surface area contributed by atoms with Gasteiger partial charge >= 0.3 is 0 Å². The van der Waals surface area contributed by atoms with E-state index in [4.69, 9.17) is 18.9 Å². The lowest BCUT2D eigenvalue weighted by atomic mass is 10.1. The van der Waals surface area contributed by atoms with Gasteiger partial charge in [0, 0.05) is 74.8 Å². The smallest absolute Gasteiger partial charge is 0.253 e. The summed E-state index contributed by atoms with van der Waals surface area (Å²) in [6.45, 7) is 6.20. The SMILES string of the molecule is COCCN1CCN(c2ccc(NCc3cc4c(OC)c(OC)c(OC)cc4[nH]c3=O)cc2)CC1. The first-order chi connectivity index (χ1) is 17.1. The predicted molar refractivity (Wildman–Crippen MR) is 139 cm³/mol. The van der Waals surface area contributed by atoms with Crippen LogP contribution in [0.5, 0.6) is 17.2 Å². The molecule has 9 heteroatoms. The Balaban J connectivity index is 1.45. The molecule has 0 spiro atoms. The third-order valence-corrected chi connectivity index (χ3v) is 6.43. The topological polar surface area (TPSA) is 88.3 Å². The molecule has 1 aromatic heterocycles. The van der Waals surface area contributed by atoms with Crippen LogP contribution >= 0.6 is 0 Å². The second-order valence-electron chi connectivity index (χ2n) is 8.45. The van der Waals surface area contributed by atoms with Gasteiger partial charge < -0.3 is 34.1 Å². The van der Waals surface area contributed by atoms with Gasteiger partial charge in [-0.1, -0.05) is 0 Å². The highest BCUT2D eigenvalue weighted by Gasteiger charge is 2.18. The Morgan fingerprint density at radius 1 is 0.914 bits per heavy atom. The Morgan fingerprint density at radius 2 is 1.63 bits per heavy atom. The van der Waals surface area contributed by atoms with Crippen molar-refractivity contribution in [3.05, 3.63) is 52.3 Å². The van der Waals surface area contributed by atoms with Crippen LogP contribution in [0.1, 0.15) is 5.56 Å². The lowest BCUT2D eigenvalue weighted by Crippen LogP contribution is -2.47. The number of anilines is 2. The van der Waals surface area contributed by atoms with E-state index in [0.717, 1.165) is 50.4 Å². The molecule has 2 N–H and O–H groups in total.